The molecule has 0 amide bonds. The van der Waals surface area contributed by atoms with E-state index in [1.165, 1.54) is 15.4 Å². The number of nitrogens with zero attached hydrogens (tertiary/aromatic N) is 2. The zero-order valence-corrected chi connectivity index (χ0v) is 17.1. The molecule has 3 rings (SSSR count). The molecule has 0 radical (unpaired) electrons. The standard InChI is InChI=1S/C21H30N4OS/c1-3-22-20(23-12-9-19-24-15-17(2)27-19)25-16-21(10-13-26-14-11-21)18-7-5-4-6-8-18/h4-8,15H,3,9-14,16H2,1-2H3,(H2,22,23,25). The number of hydrogen-bond donors (Lipinski definition) is 2. The van der Waals surface area contributed by atoms with E-state index >= 15 is 0 Å². The highest BCUT2D eigenvalue weighted by atomic mass is 32.1. The monoisotopic (exact) mass is 386 g/mol. The second-order valence-corrected chi connectivity index (χ2v) is 8.31. The molecular formula is C21H30N4OS. The molecule has 0 aliphatic carbocycles. The summed E-state index contributed by atoms with van der Waals surface area (Å²) < 4.78 is 5.63. The molecule has 1 fully saturated rings. The van der Waals surface area contributed by atoms with E-state index in [1.54, 1.807) is 11.3 Å². The highest BCUT2D eigenvalue weighted by Crippen LogP contribution is 2.35. The van der Waals surface area contributed by atoms with Gasteiger partial charge in [-0.3, -0.25) is 4.99 Å². The summed E-state index contributed by atoms with van der Waals surface area (Å²) in [7, 11) is 0. The lowest BCUT2D eigenvalue weighted by Gasteiger charge is -2.36. The molecule has 146 valence electrons. The van der Waals surface area contributed by atoms with Gasteiger partial charge in [0, 0.05) is 49.2 Å². The first-order valence-electron chi connectivity index (χ1n) is 9.79. The molecule has 5 nitrogen and oxygen atoms in total. The Bertz CT molecular complexity index is 723. The van der Waals surface area contributed by atoms with Crippen molar-refractivity contribution in [2.24, 2.45) is 4.99 Å². The van der Waals surface area contributed by atoms with Crippen LogP contribution in [0, 0.1) is 6.92 Å². The molecule has 1 aromatic carbocycles. The van der Waals surface area contributed by atoms with Crippen LogP contribution in [0.4, 0.5) is 0 Å². The predicted octanol–water partition coefficient (Wildman–Crippen LogP) is 3.30. The van der Waals surface area contributed by atoms with Gasteiger partial charge in [0.1, 0.15) is 0 Å². The highest BCUT2D eigenvalue weighted by molar-refractivity contribution is 7.11. The van der Waals surface area contributed by atoms with E-state index in [0.717, 1.165) is 58.1 Å². The van der Waals surface area contributed by atoms with Crippen molar-refractivity contribution in [1.29, 1.82) is 0 Å². The van der Waals surface area contributed by atoms with E-state index in [2.05, 4.69) is 59.8 Å². The maximum atomic E-state index is 5.63. The van der Waals surface area contributed by atoms with E-state index in [9.17, 15) is 0 Å². The molecule has 2 N–H and O–H groups in total. The Kier molecular flexibility index (Phi) is 7.24. The van der Waals surface area contributed by atoms with Gasteiger partial charge in [0.15, 0.2) is 5.96 Å². The first-order valence-corrected chi connectivity index (χ1v) is 10.6. The largest absolute Gasteiger partial charge is 0.381 e. The van der Waals surface area contributed by atoms with Crippen molar-refractivity contribution in [3.8, 4) is 0 Å². The average molecular weight is 387 g/mol. The normalized spacial score (nSPS) is 16.9. The Morgan fingerprint density at radius 2 is 2.00 bits per heavy atom. The van der Waals surface area contributed by atoms with Crippen molar-refractivity contribution in [2.75, 3.05) is 32.8 Å². The molecule has 0 atom stereocenters. The number of guanidine groups is 1. The smallest absolute Gasteiger partial charge is 0.191 e. The number of ether oxygens (including phenoxy) is 1. The van der Waals surface area contributed by atoms with E-state index in [4.69, 9.17) is 9.73 Å². The predicted molar refractivity (Wildman–Crippen MR) is 113 cm³/mol. The molecule has 2 heterocycles. The third-order valence-corrected chi connectivity index (χ3v) is 5.99. The number of aryl methyl sites for hydroxylation is 1. The van der Waals surface area contributed by atoms with Gasteiger partial charge in [0.2, 0.25) is 0 Å². The molecule has 6 heteroatoms. The first-order chi connectivity index (χ1) is 13.2. The minimum atomic E-state index is 0.0638. The lowest BCUT2D eigenvalue weighted by Crippen LogP contribution is -2.41. The fourth-order valence-corrected chi connectivity index (χ4v) is 4.26. The van der Waals surface area contributed by atoms with Crippen LogP contribution in [0.3, 0.4) is 0 Å². The van der Waals surface area contributed by atoms with Gasteiger partial charge in [0.05, 0.1) is 11.6 Å². The number of aliphatic imine (C=N–C) groups is 1. The number of nitrogens with one attached hydrogen (secondary N) is 2. The molecule has 0 bridgehead atoms. The van der Waals surface area contributed by atoms with Gasteiger partial charge in [-0.2, -0.15) is 0 Å². The molecule has 2 aromatic rings. The van der Waals surface area contributed by atoms with Crippen molar-refractivity contribution in [1.82, 2.24) is 15.6 Å². The van der Waals surface area contributed by atoms with Gasteiger partial charge >= 0.3 is 0 Å². The van der Waals surface area contributed by atoms with Gasteiger partial charge in [-0.25, -0.2) is 4.98 Å². The third-order valence-electron chi connectivity index (χ3n) is 5.02. The molecule has 1 aliphatic heterocycles. The molecule has 1 aliphatic rings. The maximum absolute atomic E-state index is 5.63. The molecule has 0 saturated carbocycles. The summed E-state index contributed by atoms with van der Waals surface area (Å²) in [6.07, 6.45) is 4.88. The molecule has 1 saturated heterocycles. The average Bonchev–Trinajstić information content (AvgIpc) is 3.12. The Morgan fingerprint density at radius 3 is 2.67 bits per heavy atom. The molecule has 0 spiro atoms. The van der Waals surface area contributed by atoms with Crippen LogP contribution >= 0.6 is 11.3 Å². The summed E-state index contributed by atoms with van der Waals surface area (Å²) in [6, 6.07) is 10.8. The third kappa shape index (κ3) is 5.53. The van der Waals surface area contributed by atoms with E-state index in [-0.39, 0.29) is 5.41 Å². The number of rotatable bonds is 7. The Morgan fingerprint density at radius 1 is 1.22 bits per heavy atom. The fourth-order valence-electron chi connectivity index (χ4n) is 3.47. The van der Waals surface area contributed by atoms with Crippen molar-refractivity contribution in [3.05, 3.63) is 52.0 Å². The zero-order chi connectivity index (χ0) is 19.0. The number of hydrogen-bond acceptors (Lipinski definition) is 4. The van der Waals surface area contributed by atoms with Crippen LogP contribution in [0.25, 0.3) is 0 Å². The topological polar surface area (TPSA) is 58.5 Å². The highest BCUT2D eigenvalue weighted by Gasteiger charge is 2.34. The lowest BCUT2D eigenvalue weighted by atomic mass is 9.74. The first kappa shape index (κ1) is 19.8. The van der Waals surface area contributed by atoms with Crippen LogP contribution in [0.15, 0.2) is 41.5 Å². The zero-order valence-electron chi connectivity index (χ0n) is 16.3. The van der Waals surface area contributed by atoms with Gasteiger partial charge in [-0.05, 0) is 32.3 Å². The number of benzene rings is 1. The van der Waals surface area contributed by atoms with Gasteiger partial charge in [-0.15, -0.1) is 11.3 Å². The molecule has 1 aromatic heterocycles. The minimum Gasteiger partial charge on any atom is -0.381 e. The summed E-state index contributed by atoms with van der Waals surface area (Å²) >= 11 is 1.76. The van der Waals surface area contributed by atoms with Crippen LogP contribution < -0.4 is 10.6 Å². The van der Waals surface area contributed by atoms with Crippen LogP contribution in [-0.2, 0) is 16.6 Å². The van der Waals surface area contributed by atoms with E-state index in [1.807, 2.05) is 6.20 Å². The summed E-state index contributed by atoms with van der Waals surface area (Å²) in [4.78, 5) is 10.6. The molecular weight excluding hydrogens is 356 g/mol. The Balaban J connectivity index is 1.65. The van der Waals surface area contributed by atoms with E-state index < -0.39 is 0 Å². The summed E-state index contributed by atoms with van der Waals surface area (Å²) in [5.74, 6) is 0.882. The van der Waals surface area contributed by atoms with Crippen molar-refractivity contribution in [3.63, 3.8) is 0 Å². The lowest BCUT2D eigenvalue weighted by molar-refractivity contribution is 0.0531. The Labute approximate surface area is 166 Å². The number of aromatic nitrogens is 1. The quantitative estimate of drug-likeness (QED) is 0.566. The fraction of sp³-hybridized carbons (Fsp3) is 0.524. The van der Waals surface area contributed by atoms with Crippen LogP contribution in [0.2, 0.25) is 0 Å². The van der Waals surface area contributed by atoms with Gasteiger partial charge in [-0.1, -0.05) is 30.3 Å². The second-order valence-electron chi connectivity index (χ2n) is 7.00. The minimum absolute atomic E-state index is 0.0638. The van der Waals surface area contributed by atoms with Crippen molar-refractivity contribution in [2.45, 2.75) is 38.5 Å². The van der Waals surface area contributed by atoms with Crippen LogP contribution in [0.1, 0.15) is 35.2 Å². The Hall–Kier alpha value is -1.92. The summed E-state index contributed by atoms with van der Waals surface area (Å²) in [5, 5.41) is 8.00. The van der Waals surface area contributed by atoms with Crippen molar-refractivity contribution >= 4 is 17.3 Å². The maximum Gasteiger partial charge on any atom is 0.191 e. The summed E-state index contributed by atoms with van der Waals surface area (Å²) in [5.41, 5.74) is 1.43. The molecule has 27 heavy (non-hydrogen) atoms. The van der Waals surface area contributed by atoms with Crippen LogP contribution in [-0.4, -0.2) is 43.8 Å². The second kappa shape index (κ2) is 9.85. The van der Waals surface area contributed by atoms with Gasteiger partial charge < -0.3 is 15.4 Å². The number of thiazole rings is 1. The van der Waals surface area contributed by atoms with Crippen molar-refractivity contribution < 1.29 is 4.74 Å². The van der Waals surface area contributed by atoms with E-state index in [0.29, 0.717) is 0 Å². The summed E-state index contributed by atoms with van der Waals surface area (Å²) in [6.45, 7) is 8.26. The van der Waals surface area contributed by atoms with Crippen LogP contribution in [0.5, 0.6) is 0 Å². The molecule has 0 unspecified atom stereocenters. The SMILES string of the molecule is CCNC(=NCC1(c2ccccc2)CCOCC1)NCCc1ncc(C)s1. The van der Waals surface area contributed by atoms with Gasteiger partial charge in [0.25, 0.3) is 0 Å².